The van der Waals surface area contributed by atoms with Crippen molar-refractivity contribution < 1.29 is 19.1 Å². The van der Waals surface area contributed by atoms with Crippen LogP contribution < -0.4 is 16.2 Å². The molecule has 28 heavy (non-hydrogen) atoms. The standard InChI is InChI=1S/C19H22N4O5/c1-10(2)20-19(27)22-16(24)11(3)28-18(26)12-6-7-13-14(9-12)21-15-5-4-8-23(15)17(13)25/h6-7,9-11H,4-5,8H2,1-3H3,(H2,20,22,24,27)/t11-/m0/s1. The Balaban J connectivity index is 1.73. The van der Waals surface area contributed by atoms with Crippen LogP contribution in [0.3, 0.4) is 0 Å². The van der Waals surface area contributed by atoms with Gasteiger partial charge in [0.25, 0.3) is 11.5 Å². The van der Waals surface area contributed by atoms with Gasteiger partial charge in [0, 0.05) is 19.0 Å². The van der Waals surface area contributed by atoms with E-state index in [9.17, 15) is 19.2 Å². The third-order valence-electron chi connectivity index (χ3n) is 4.36. The van der Waals surface area contributed by atoms with Crippen molar-refractivity contribution in [2.24, 2.45) is 0 Å². The average molecular weight is 386 g/mol. The molecular weight excluding hydrogens is 364 g/mol. The number of benzene rings is 1. The summed E-state index contributed by atoms with van der Waals surface area (Å²) in [6.45, 7) is 5.53. The zero-order valence-corrected chi connectivity index (χ0v) is 15.9. The zero-order chi connectivity index (χ0) is 20.4. The van der Waals surface area contributed by atoms with Gasteiger partial charge < -0.3 is 10.1 Å². The third kappa shape index (κ3) is 4.03. The van der Waals surface area contributed by atoms with Crippen LogP contribution >= 0.6 is 0 Å². The number of amides is 3. The first kappa shape index (κ1) is 19.5. The molecule has 1 aliphatic heterocycles. The van der Waals surface area contributed by atoms with Gasteiger partial charge in [-0.05, 0) is 45.4 Å². The molecule has 0 spiro atoms. The van der Waals surface area contributed by atoms with E-state index < -0.39 is 24.0 Å². The van der Waals surface area contributed by atoms with Crippen molar-refractivity contribution in [2.75, 3.05) is 0 Å². The van der Waals surface area contributed by atoms with Crippen LogP contribution in [0, 0.1) is 0 Å². The fourth-order valence-corrected chi connectivity index (χ4v) is 3.00. The number of urea groups is 1. The second-order valence-corrected chi connectivity index (χ2v) is 6.99. The fourth-order valence-electron chi connectivity index (χ4n) is 3.00. The topological polar surface area (TPSA) is 119 Å². The number of aryl methyl sites for hydroxylation is 1. The Morgan fingerprint density at radius 1 is 1.21 bits per heavy atom. The molecule has 148 valence electrons. The summed E-state index contributed by atoms with van der Waals surface area (Å²) in [6, 6.07) is 3.68. The number of carbonyl (C=O) groups is 3. The maximum Gasteiger partial charge on any atom is 0.338 e. The second kappa shape index (κ2) is 7.79. The van der Waals surface area contributed by atoms with E-state index in [2.05, 4.69) is 15.6 Å². The fraction of sp³-hybridized carbons (Fsp3) is 0.421. The largest absolute Gasteiger partial charge is 0.449 e. The second-order valence-electron chi connectivity index (χ2n) is 6.99. The number of imide groups is 1. The van der Waals surface area contributed by atoms with Gasteiger partial charge in [0.15, 0.2) is 6.10 Å². The average Bonchev–Trinajstić information content (AvgIpc) is 3.09. The van der Waals surface area contributed by atoms with E-state index in [0.29, 0.717) is 23.3 Å². The van der Waals surface area contributed by atoms with Crippen LogP contribution in [0.15, 0.2) is 23.0 Å². The summed E-state index contributed by atoms with van der Waals surface area (Å²) in [4.78, 5) is 52.9. The molecule has 3 rings (SSSR count). The maximum atomic E-state index is 12.5. The molecule has 0 fully saturated rings. The molecule has 2 aromatic rings. The van der Waals surface area contributed by atoms with Crippen molar-refractivity contribution in [3.05, 3.63) is 39.9 Å². The Morgan fingerprint density at radius 3 is 2.68 bits per heavy atom. The highest BCUT2D eigenvalue weighted by Gasteiger charge is 2.22. The highest BCUT2D eigenvalue weighted by Crippen LogP contribution is 2.17. The first-order valence-corrected chi connectivity index (χ1v) is 9.12. The molecule has 3 amide bonds. The van der Waals surface area contributed by atoms with Crippen molar-refractivity contribution in [3.8, 4) is 0 Å². The van der Waals surface area contributed by atoms with E-state index in [1.165, 1.54) is 25.1 Å². The molecule has 2 N–H and O–H groups in total. The summed E-state index contributed by atoms with van der Waals surface area (Å²) < 4.78 is 6.78. The molecule has 0 radical (unpaired) electrons. The quantitative estimate of drug-likeness (QED) is 0.760. The summed E-state index contributed by atoms with van der Waals surface area (Å²) in [7, 11) is 0. The number of hydrogen-bond donors (Lipinski definition) is 2. The van der Waals surface area contributed by atoms with E-state index in [0.717, 1.165) is 12.8 Å². The Hall–Kier alpha value is -3.23. The zero-order valence-electron chi connectivity index (χ0n) is 15.9. The number of fused-ring (bicyclic) bond motifs is 2. The SMILES string of the molecule is CC(C)NC(=O)NC(=O)[C@H](C)OC(=O)c1ccc2c(=O)n3c(nc2c1)CCC3. The van der Waals surface area contributed by atoms with Gasteiger partial charge in [0.1, 0.15) is 5.82 Å². The molecule has 0 saturated carbocycles. The van der Waals surface area contributed by atoms with E-state index in [1.807, 2.05) is 0 Å². The highest BCUT2D eigenvalue weighted by atomic mass is 16.5. The minimum atomic E-state index is -1.17. The first-order chi connectivity index (χ1) is 13.3. The van der Waals surface area contributed by atoms with Gasteiger partial charge in [-0.3, -0.25) is 19.5 Å². The van der Waals surface area contributed by atoms with E-state index >= 15 is 0 Å². The molecule has 0 aliphatic carbocycles. The molecule has 1 aromatic heterocycles. The normalized spacial score (nSPS) is 13.9. The molecular formula is C19H22N4O5. The van der Waals surface area contributed by atoms with Crippen molar-refractivity contribution in [1.29, 1.82) is 0 Å². The minimum Gasteiger partial charge on any atom is -0.449 e. The van der Waals surface area contributed by atoms with Crippen molar-refractivity contribution >= 4 is 28.8 Å². The lowest BCUT2D eigenvalue weighted by Gasteiger charge is -2.14. The number of carbonyl (C=O) groups excluding carboxylic acids is 3. The summed E-state index contributed by atoms with van der Waals surface area (Å²) in [5.41, 5.74) is 0.468. The lowest BCUT2D eigenvalue weighted by atomic mass is 10.1. The number of rotatable bonds is 4. The lowest BCUT2D eigenvalue weighted by Crippen LogP contribution is -2.46. The molecule has 0 unspecified atom stereocenters. The van der Waals surface area contributed by atoms with Crippen LogP contribution in [-0.4, -0.2) is 39.6 Å². The third-order valence-corrected chi connectivity index (χ3v) is 4.36. The smallest absolute Gasteiger partial charge is 0.338 e. The van der Waals surface area contributed by atoms with Crippen molar-refractivity contribution in [3.63, 3.8) is 0 Å². The first-order valence-electron chi connectivity index (χ1n) is 9.12. The van der Waals surface area contributed by atoms with Crippen molar-refractivity contribution in [1.82, 2.24) is 20.2 Å². The number of nitrogens with one attached hydrogen (secondary N) is 2. The molecule has 1 aromatic carbocycles. The Kier molecular flexibility index (Phi) is 5.43. The molecule has 0 bridgehead atoms. The molecule has 0 saturated heterocycles. The number of ether oxygens (including phenoxy) is 1. The molecule has 9 heteroatoms. The Morgan fingerprint density at radius 2 is 1.96 bits per heavy atom. The van der Waals surface area contributed by atoms with Gasteiger partial charge in [-0.15, -0.1) is 0 Å². The van der Waals surface area contributed by atoms with Gasteiger partial charge in [-0.1, -0.05) is 0 Å². The van der Waals surface area contributed by atoms with Crippen LogP contribution in [-0.2, 0) is 22.5 Å². The summed E-state index contributed by atoms with van der Waals surface area (Å²) in [6.07, 6.45) is 0.416. The lowest BCUT2D eigenvalue weighted by molar-refractivity contribution is -0.127. The van der Waals surface area contributed by atoms with Gasteiger partial charge in [0.2, 0.25) is 0 Å². The molecule has 9 nitrogen and oxygen atoms in total. The predicted octanol–water partition coefficient (Wildman–Crippen LogP) is 1.12. The van der Waals surface area contributed by atoms with Crippen LogP contribution in [0.25, 0.3) is 10.9 Å². The monoisotopic (exact) mass is 386 g/mol. The van der Waals surface area contributed by atoms with E-state index in [-0.39, 0.29) is 17.2 Å². The van der Waals surface area contributed by atoms with Crippen LogP contribution in [0.4, 0.5) is 4.79 Å². The van der Waals surface area contributed by atoms with Crippen LogP contribution in [0.1, 0.15) is 43.4 Å². The Bertz CT molecular complexity index is 1010. The van der Waals surface area contributed by atoms with Crippen molar-refractivity contribution in [2.45, 2.75) is 52.3 Å². The molecule has 1 aliphatic rings. The summed E-state index contributed by atoms with van der Waals surface area (Å²) >= 11 is 0. The predicted molar refractivity (Wildman–Crippen MR) is 101 cm³/mol. The minimum absolute atomic E-state index is 0.124. The van der Waals surface area contributed by atoms with Crippen LogP contribution in [0.5, 0.6) is 0 Å². The molecule has 2 heterocycles. The van der Waals surface area contributed by atoms with Gasteiger partial charge in [-0.2, -0.15) is 0 Å². The number of esters is 1. The maximum absolute atomic E-state index is 12.5. The Labute approximate surface area is 161 Å². The highest BCUT2D eigenvalue weighted by molar-refractivity contribution is 5.99. The van der Waals surface area contributed by atoms with Crippen LogP contribution in [0.2, 0.25) is 0 Å². The summed E-state index contributed by atoms with van der Waals surface area (Å²) in [5, 5.41) is 5.05. The van der Waals surface area contributed by atoms with Gasteiger partial charge >= 0.3 is 12.0 Å². The number of aromatic nitrogens is 2. The number of hydrogen-bond acceptors (Lipinski definition) is 6. The van der Waals surface area contributed by atoms with Gasteiger partial charge in [-0.25, -0.2) is 14.6 Å². The van der Waals surface area contributed by atoms with E-state index in [4.69, 9.17) is 4.74 Å². The van der Waals surface area contributed by atoms with Gasteiger partial charge in [0.05, 0.1) is 16.5 Å². The molecule has 1 atom stereocenters. The van der Waals surface area contributed by atoms with E-state index in [1.54, 1.807) is 18.4 Å². The number of nitrogens with zero attached hydrogens (tertiary/aromatic N) is 2. The summed E-state index contributed by atoms with van der Waals surface area (Å²) in [5.74, 6) is -0.773.